The first-order valence-electron chi connectivity index (χ1n) is 8.05. The van der Waals surface area contributed by atoms with Crippen LogP contribution >= 0.6 is 11.6 Å². The Kier molecular flexibility index (Phi) is 4.37. The highest BCUT2D eigenvalue weighted by Crippen LogP contribution is 2.22. The Labute approximate surface area is 154 Å². The van der Waals surface area contributed by atoms with E-state index in [1.807, 2.05) is 42.5 Å². The number of nitrogens with zero attached hydrogens (tertiary/aromatic N) is 2. The van der Waals surface area contributed by atoms with E-state index in [1.165, 1.54) is 0 Å². The van der Waals surface area contributed by atoms with Gasteiger partial charge in [-0.1, -0.05) is 59.2 Å². The van der Waals surface area contributed by atoms with Crippen LogP contribution < -0.4 is 5.32 Å². The molecule has 0 aliphatic heterocycles. The van der Waals surface area contributed by atoms with Gasteiger partial charge in [-0.25, -0.2) is 0 Å². The van der Waals surface area contributed by atoms with E-state index >= 15 is 0 Å². The van der Waals surface area contributed by atoms with Crippen molar-refractivity contribution in [2.45, 2.75) is 6.42 Å². The van der Waals surface area contributed by atoms with Crippen molar-refractivity contribution in [1.29, 1.82) is 0 Å². The van der Waals surface area contributed by atoms with Crippen LogP contribution in [0.5, 0.6) is 0 Å². The SMILES string of the molecule is O=C(Cc1cccc2ccccc12)Nc1nnc(-c2ccc(Cl)cc2)o1. The van der Waals surface area contributed by atoms with Crippen LogP contribution in [-0.2, 0) is 11.2 Å². The fourth-order valence-corrected chi connectivity index (χ4v) is 2.89. The number of benzene rings is 3. The number of anilines is 1. The zero-order valence-corrected chi connectivity index (χ0v) is 14.4. The number of halogens is 1. The molecule has 4 aromatic rings. The number of rotatable bonds is 4. The van der Waals surface area contributed by atoms with E-state index in [0.717, 1.165) is 21.9 Å². The number of aromatic nitrogens is 2. The molecule has 1 heterocycles. The van der Waals surface area contributed by atoms with Gasteiger partial charge in [-0.3, -0.25) is 10.1 Å². The van der Waals surface area contributed by atoms with Crippen molar-refractivity contribution < 1.29 is 9.21 Å². The summed E-state index contributed by atoms with van der Waals surface area (Å²) in [7, 11) is 0. The van der Waals surface area contributed by atoms with Crippen LogP contribution in [0.25, 0.3) is 22.2 Å². The predicted molar refractivity (Wildman–Crippen MR) is 101 cm³/mol. The predicted octanol–water partition coefficient (Wildman–Crippen LogP) is 4.72. The lowest BCUT2D eigenvalue weighted by molar-refractivity contribution is -0.115. The molecule has 4 rings (SSSR count). The number of amides is 1. The highest BCUT2D eigenvalue weighted by atomic mass is 35.5. The van der Waals surface area contributed by atoms with Crippen LogP contribution in [0, 0.1) is 0 Å². The number of nitrogens with one attached hydrogen (secondary N) is 1. The summed E-state index contributed by atoms with van der Waals surface area (Å²) in [6, 6.07) is 21.0. The second-order valence-corrected chi connectivity index (χ2v) is 6.22. The second kappa shape index (κ2) is 6.98. The molecule has 3 aromatic carbocycles. The molecule has 0 saturated carbocycles. The summed E-state index contributed by atoms with van der Waals surface area (Å²) in [5.41, 5.74) is 1.68. The Morgan fingerprint density at radius 2 is 1.73 bits per heavy atom. The number of hydrogen-bond donors (Lipinski definition) is 1. The lowest BCUT2D eigenvalue weighted by atomic mass is 10.0. The van der Waals surface area contributed by atoms with Crippen molar-refractivity contribution >= 4 is 34.3 Å². The molecule has 0 unspecified atom stereocenters. The average molecular weight is 364 g/mol. The van der Waals surface area contributed by atoms with E-state index in [9.17, 15) is 4.79 Å². The summed E-state index contributed by atoms with van der Waals surface area (Å²) in [6.07, 6.45) is 0.222. The van der Waals surface area contributed by atoms with Gasteiger partial charge in [-0.2, -0.15) is 0 Å². The minimum atomic E-state index is -0.215. The maximum Gasteiger partial charge on any atom is 0.322 e. The van der Waals surface area contributed by atoms with Crippen LogP contribution in [0.4, 0.5) is 6.01 Å². The molecule has 0 bridgehead atoms. The molecule has 0 aliphatic rings. The second-order valence-electron chi connectivity index (χ2n) is 5.78. The first-order chi connectivity index (χ1) is 12.7. The van der Waals surface area contributed by atoms with Crippen LogP contribution in [0.1, 0.15) is 5.56 Å². The third-order valence-corrected chi connectivity index (χ3v) is 4.25. The zero-order valence-electron chi connectivity index (χ0n) is 13.6. The standard InChI is InChI=1S/C20H14ClN3O2/c21-16-10-8-14(9-11-16)19-23-24-20(26-19)22-18(25)12-15-6-3-5-13-4-1-2-7-17(13)15/h1-11H,12H2,(H,22,24,25). The highest BCUT2D eigenvalue weighted by molar-refractivity contribution is 6.30. The number of fused-ring (bicyclic) bond motifs is 1. The van der Waals surface area contributed by atoms with Crippen molar-refractivity contribution in [3.63, 3.8) is 0 Å². The molecule has 0 radical (unpaired) electrons. The maximum absolute atomic E-state index is 12.4. The van der Waals surface area contributed by atoms with E-state index in [1.54, 1.807) is 24.3 Å². The first-order valence-corrected chi connectivity index (χ1v) is 8.43. The molecule has 0 fully saturated rings. The maximum atomic E-state index is 12.4. The van der Waals surface area contributed by atoms with Gasteiger partial charge < -0.3 is 4.42 Å². The summed E-state index contributed by atoms with van der Waals surface area (Å²) >= 11 is 5.87. The van der Waals surface area contributed by atoms with Crippen molar-refractivity contribution in [3.05, 3.63) is 77.3 Å². The minimum Gasteiger partial charge on any atom is -0.403 e. The molecule has 0 spiro atoms. The summed E-state index contributed by atoms with van der Waals surface area (Å²) in [5.74, 6) is 0.106. The Bertz CT molecular complexity index is 1070. The minimum absolute atomic E-state index is 0.0696. The van der Waals surface area contributed by atoms with Crippen molar-refractivity contribution in [1.82, 2.24) is 10.2 Å². The lowest BCUT2D eigenvalue weighted by Crippen LogP contribution is -2.14. The third-order valence-electron chi connectivity index (χ3n) is 3.99. The van der Waals surface area contributed by atoms with Gasteiger partial charge in [0.05, 0.1) is 6.42 Å². The Morgan fingerprint density at radius 1 is 0.962 bits per heavy atom. The summed E-state index contributed by atoms with van der Waals surface area (Å²) < 4.78 is 5.51. The van der Waals surface area contributed by atoms with Gasteiger partial charge >= 0.3 is 6.01 Å². The van der Waals surface area contributed by atoms with Gasteiger partial charge in [-0.15, -0.1) is 5.10 Å². The van der Waals surface area contributed by atoms with Crippen molar-refractivity contribution in [2.24, 2.45) is 0 Å². The average Bonchev–Trinajstić information content (AvgIpc) is 3.11. The molecule has 26 heavy (non-hydrogen) atoms. The van der Waals surface area contributed by atoms with Gasteiger partial charge in [0.15, 0.2) is 0 Å². The van der Waals surface area contributed by atoms with E-state index in [-0.39, 0.29) is 18.3 Å². The lowest BCUT2D eigenvalue weighted by Gasteiger charge is -2.05. The van der Waals surface area contributed by atoms with E-state index in [4.69, 9.17) is 16.0 Å². The molecule has 0 saturated heterocycles. The van der Waals surface area contributed by atoms with Gasteiger partial charge in [-0.05, 0) is 40.6 Å². The first kappa shape index (κ1) is 16.3. The highest BCUT2D eigenvalue weighted by Gasteiger charge is 2.13. The summed E-state index contributed by atoms with van der Waals surface area (Å²) in [5, 5.41) is 13.3. The molecular formula is C20H14ClN3O2. The van der Waals surface area contributed by atoms with Gasteiger partial charge in [0, 0.05) is 10.6 Å². The Morgan fingerprint density at radius 3 is 2.58 bits per heavy atom. The van der Waals surface area contributed by atoms with Crippen LogP contribution in [0.15, 0.2) is 71.1 Å². The number of carbonyl (C=O) groups is 1. The normalized spacial score (nSPS) is 10.8. The smallest absolute Gasteiger partial charge is 0.322 e. The molecule has 0 atom stereocenters. The van der Waals surface area contributed by atoms with Crippen molar-refractivity contribution in [3.8, 4) is 11.5 Å². The van der Waals surface area contributed by atoms with E-state index < -0.39 is 0 Å². The molecule has 0 aliphatic carbocycles. The topological polar surface area (TPSA) is 68.0 Å². The zero-order chi connectivity index (χ0) is 17.9. The van der Waals surface area contributed by atoms with Crippen LogP contribution in [0.2, 0.25) is 5.02 Å². The van der Waals surface area contributed by atoms with E-state index in [0.29, 0.717) is 10.9 Å². The quantitative estimate of drug-likeness (QED) is 0.569. The van der Waals surface area contributed by atoms with Gasteiger partial charge in [0.1, 0.15) is 0 Å². The largest absolute Gasteiger partial charge is 0.403 e. The molecule has 1 N–H and O–H groups in total. The van der Waals surface area contributed by atoms with Gasteiger partial charge in [0.2, 0.25) is 11.8 Å². The van der Waals surface area contributed by atoms with E-state index in [2.05, 4.69) is 15.5 Å². The molecule has 6 heteroatoms. The Hall–Kier alpha value is -3.18. The molecule has 128 valence electrons. The fourth-order valence-electron chi connectivity index (χ4n) is 2.77. The van der Waals surface area contributed by atoms with Crippen molar-refractivity contribution in [2.75, 3.05) is 5.32 Å². The molecule has 5 nitrogen and oxygen atoms in total. The number of carbonyl (C=O) groups excluding carboxylic acids is 1. The molecular weight excluding hydrogens is 350 g/mol. The fraction of sp³-hybridized carbons (Fsp3) is 0.0500. The summed E-state index contributed by atoms with van der Waals surface area (Å²) in [4.78, 5) is 12.4. The van der Waals surface area contributed by atoms with Gasteiger partial charge in [0.25, 0.3) is 0 Å². The Balaban J connectivity index is 1.49. The molecule has 1 amide bonds. The third kappa shape index (κ3) is 3.43. The molecule has 1 aromatic heterocycles. The number of hydrogen-bond acceptors (Lipinski definition) is 4. The summed E-state index contributed by atoms with van der Waals surface area (Å²) in [6.45, 7) is 0. The monoisotopic (exact) mass is 363 g/mol. The van der Waals surface area contributed by atoms with Crippen LogP contribution in [-0.4, -0.2) is 16.1 Å². The van der Waals surface area contributed by atoms with Crippen LogP contribution in [0.3, 0.4) is 0 Å².